The first kappa shape index (κ1) is 18.9. The van der Waals surface area contributed by atoms with Gasteiger partial charge in [-0.25, -0.2) is 0 Å². The highest BCUT2D eigenvalue weighted by atomic mass is 16.2. The molecule has 0 fully saturated rings. The van der Waals surface area contributed by atoms with Crippen LogP contribution in [0.3, 0.4) is 0 Å². The molecule has 0 spiro atoms. The zero-order valence-corrected chi connectivity index (χ0v) is 16.6. The molecule has 0 saturated carbocycles. The number of H-pyrrole nitrogens is 1. The third kappa shape index (κ3) is 3.80. The Morgan fingerprint density at radius 3 is 2.52 bits per heavy atom. The summed E-state index contributed by atoms with van der Waals surface area (Å²) in [6.07, 6.45) is 0. The number of pyridine rings is 1. The van der Waals surface area contributed by atoms with E-state index < -0.39 is 0 Å². The molecule has 1 amide bonds. The topological polar surface area (TPSA) is 53.2 Å². The van der Waals surface area contributed by atoms with Gasteiger partial charge in [-0.15, -0.1) is 0 Å². The molecule has 0 saturated heterocycles. The van der Waals surface area contributed by atoms with Gasteiger partial charge in [0, 0.05) is 22.7 Å². The second-order valence-electron chi connectivity index (χ2n) is 7.51. The molecule has 0 aliphatic heterocycles. The quantitative estimate of drug-likeness (QED) is 0.735. The first-order valence-corrected chi connectivity index (χ1v) is 9.28. The summed E-state index contributed by atoms with van der Waals surface area (Å²) in [5.74, 6) is -0.154. The van der Waals surface area contributed by atoms with Crippen LogP contribution in [0.4, 0.5) is 5.69 Å². The number of fused-ring (bicyclic) bond motifs is 1. The van der Waals surface area contributed by atoms with E-state index in [2.05, 4.69) is 4.98 Å². The Morgan fingerprint density at radius 2 is 1.81 bits per heavy atom. The largest absolute Gasteiger partial charge is 0.322 e. The lowest BCUT2D eigenvalue weighted by Gasteiger charge is -2.27. The average Bonchev–Trinajstić information content (AvgIpc) is 2.62. The van der Waals surface area contributed by atoms with Gasteiger partial charge in [0.15, 0.2) is 0 Å². The van der Waals surface area contributed by atoms with E-state index in [4.69, 9.17) is 0 Å². The van der Waals surface area contributed by atoms with Crippen molar-refractivity contribution in [2.75, 3.05) is 4.90 Å². The number of benzene rings is 2. The van der Waals surface area contributed by atoms with Gasteiger partial charge < -0.3 is 9.88 Å². The molecule has 0 bridgehead atoms. The third-order valence-electron chi connectivity index (χ3n) is 5.03. The minimum absolute atomic E-state index is 0.00658. The normalized spacial score (nSPS) is 11.2. The van der Waals surface area contributed by atoms with Crippen molar-refractivity contribution >= 4 is 22.5 Å². The molecule has 4 nitrogen and oxygen atoms in total. The number of anilines is 1. The minimum atomic E-state index is -0.160. The summed E-state index contributed by atoms with van der Waals surface area (Å²) in [7, 11) is 0. The zero-order valence-electron chi connectivity index (χ0n) is 16.6. The van der Waals surface area contributed by atoms with Crippen molar-refractivity contribution in [1.82, 2.24) is 4.98 Å². The third-order valence-corrected chi connectivity index (χ3v) is 5.03. The summed E-state index contributed by atoms with van der Waals surface area (Å²) in [4.78, 5) is 30.3. The molecule has 0 atom stereocenters. The van der Waals surface area contributed by atoms with E-state index in [9.17, 15) is 9.59 Å². The van der Waals surface area contributed by atoms with E-state index in [1.807, 2.05) is 77.1 Å². The lowest BCUT2D eigenvalue weighted by Crippen LogP contribution is -2.36. The number of aromatic nitrogens is 1. The molecule has 0 aliphatic rings. The van der Waals surface area contributed by atoms with Gasteiger partial charge in [0.05, 0.1) is 6.54 Å². The Bertz CT molecular complexity index is 1060. The molecule has 3 aromatic rings. The van der Waals surface area contributed by atoms with Gasteiger partial charge in [-0.2, -0.15) is 0 Å². The number of aromatic amines is 1. The standard InChI is InChI=1S/C23H26N2O2/c1-14(2)23(27)25(21-8-6-7-16(4)17(21)5)13-19-12-18-10-9-15(3)11-20(18)24-22(19)26/h6-12,14H,13H2,1-5H3,(H,24,26). The molecular weight excluding hydrogens is 336 g/mol. The van der Waals surface area contributed by atoms with E-state index in [1.165, 1.54) is 0 Å². The molecule has 140 valence electrons. The van der Waals surface area contributed by atoms with Crippen molar-refractivity contribution in [3.8, 4) is 0 Å². The molecule has 3 rings (SSSR count). The highest BCUT2D eigenvalue weighted by Gasteiger charge is 2.22. The molecular formula is C23H26N2O2. The molecule has 1 heterocycles. The van der Waals surface area contributed by atoms with Crippen LogP contribution in [0.1, 0.15) is 36.1 Å². The second kappa shape index (κ2) is 7.39. The lowest BCUT2D eigenvalue weighted by molar-refractivity contribution is -0.121. The number of hydrogen-bond donors (Lipinski definition) is 1. The highest BCUT2D eigenvalue weighted by molar-refractivity contribution is 5.95. The number of carbonyl (C=O) groups excluding carboxylic acids is 1. The molecule has 1 aromatic heterocycles. The zero-order chi connectivity index (χ0) is 19.7. The van der Waals surface area contributed by atoms with Gasteiger partial charge in [0.25, 0.3) is 5.56 Å². The SMILES string of the molecule is Cc1ccc2cc(CN(C(=O)C(C)C)c3cccc(C)c3C)c(=O)[nH]c2c1. The maximum absolute atomic E-state index is 12.9. The first-order chi connectivity index (χ1) is 12.8. The van der Waals surface area contributed by atoms with Crippen molar-refractivity contribution in [2.24, 2.45) is 5.92 Å². The predicted molar refractivity (Wildman–Crippen MR) is 111 cm³/mol. The van der Waals surface area contributed by atoms with Gasteiger partial charge in [0.2, 0.25) is 5.91 Å². The van der Waals surface area contributed by atoms with Crippen LogP contribution in [0.25, 0.3) is 10.9 Å². The van der Waals surface area contributed by atoms with Gasteiger partial charge >= 0.3 is 0 Å². The Kier molecular flexibility index (Phi) is 5.17. The molecule has 0 radical (unpaired) electrons. The summed E-state index contributed by atoms with van der Waals surface area (Å²) >= 11 is 0. The van der Waals surface area contributed by atoms with Crippen LogP contribution in [-0.2, 0) is 11.3 Å². The van der Waals surface area contributed by atoms with E-state index in [0.29, 0.717) is 5.56 Å². The van der Waals surface area contributed by atoms with Crippen molar-refractivity contribution in [3.63, 3.8) is 0 Å². The van der Waals surface area contributed by atoms with Crippen LogP contribution in [0, 0.1) is 26.7 Å². The van der Waals surface area contributed by atoms with E-state index in [-0.39, 0.29) is 23.9 Å². The number of aryl methyl sites for hydroxylation is 2. The van der Waals surface area contributed by atoms with Gasteiger partial charge in [-0.05, 0) is 61.0 Å². The number of nitrogens with one attached hydrogen (secondary N) is 1. The van der Waals surface area contributed by atoms with Crippen molar-refractivity contribution in [2.45, 2.75) is 41.2 Å². The lowest BCUT2D eigenvalue weighted by atomic mass is 10.0. The number of rotatable bonds is 4. The van der Waals surface area contributed by atoms with E-state index in [1.54, 1.807) is 4.90 Å². The van der Waals surface area contributed by atoms with Gasteiger partial charge in [0.1, 0.15) is 0 Å². The van der Waals surface area contributed by atoms with Crippen molar-refractivity contribution in [1.29, 1.82) is 0 Å². The Balaban J connectivity index is 2.09. The maximum Gasteiger partial charge on any atom is 0.253 e. The first-order valence-electron chi connectivity index (χ1n) is 9.28. The molecule has 0 aliphatic carbocycles. The van der Waals surface area contributed by atoms with Gasteiger partial charge in [-0.3, -0.25) is 9.59 Å². The highest BCUT2D eigenvalue weighted by Crippen LogP contribution is 2.26. The summed E-state index contributed by atoms with van der Waals surface area (Å²) in [5, 5.41) is 0.966. The monoisotopic (exact) mass is 362 g/mol. The maximum atomic E-state index is 12.9. The molecule has 2 aromatic carbocycles. The van der Waals surface area contributed by atoms with Gasteiger partial charge in [-0.1, -0.05) is 38.1 Å². The van der Waals surface area contributed by atoms with Crippen LogP contribution in [0.15, 0.2) is 47.3 Å². The predicted octanol–water partition coefficient (Wildman–Crippen LogP) is 4.64. The van der Waals surface area contributed by atoms with Crippen LogP contribution in [0.2, 0.25) is 0 Å². The number of amides is 1. The summed E-state index contributed by atoms with van der Waals surface area (Å²) < 4.78 is 0. The number of nitrogens with zero attached hydrogens (tertiary/aromatic N) is 1. The van der Waals surface area contributed by atoms with E-state index >= 15 is 0 Å². The molecule has 27 heavy (non-hydrogen) atoms. The van der Waals surface area contributed by atoms with Crippen molar-refractivity contribution in [3.05, 3.63) is 75.1 Å². The number of hydrogen-bond acceptors (Lipinski definition) is 2. The Morgan fingerprint density at radius 1 is 1.07 bits per heavy atom. The fourth-order valence-corrected chi connectivity index (χ4v) is 3.27. The van der Waals surface area contributed by atoms with Crippen LogP contribution < -0.4 is 10.5 Å². The van der Waals surface area contributed by atoms with Crippen molar-refractivity contribution < 1.29 is 4.79 Å². The Labute approximate surface area is 159 Å². The molecule has 4 heteroatoms. The minimum Gasteiger partial charge on any atom is -0.322 e. The van der Waals surface area contributed by atoms with E-state index in [0.717, 1.165) is 33.3 Å². The summed E-state index contributed by atoms with van der Waals surface area (Å²) in [6.45, 7) is 10.1. The Hall–Kier alpha value is -2.88. The molecule has 1 N–H and O–H groups in total. The van der Waals surface area contributed by atoms with Crippen LogP contribution in [0.5, 0.6) is 0 Å². The smallest absolute Gasteiger partial charge is 0.253 e. The fraction of sp³-hybridized carbons (Fsp3) is 0.304. The summed E-state index contributed by atoms with van der Waals surface area (Å²) in [6, 6.07) is 13.8. The number of carbonyl (C=O) groups is 1. The van der Waals surface area contributed by atoms with Crippen LogP contribution in [-0.4, -0.2) is 10.9 Å². The average molecular weight is 362 g/mol. The molecule has 0 unspecified atom stereocenters. The summed E-state index contributed by atoms with van der Waals surface area (Å²) in [5.41, 5.74) is 5.38. The second-order valence-corrected chi connectivity index (χ2v) is 7.51. The van der Waals surface area contributed by atoms with Crippen LogP contribution >= 0.6 is 0 Å². The fourth-order valence-electron chi connectivity index (χ4n) is 3.27.